The van der Waals surface area contributed by atoms with Crippen molar-refractivity contribution in [3.63, 3.8) is 0 Å². The van der Waals surface area contributed by atoms with Crippen molar-refractivity contribution < 1.29 is 34.0 Å². The monoisotopic (exact) mass is 556 g/mol. The van der Waals surface area contributed by atoms with E-state index in [4.69, 9.17) is 18.9 Å². The van der Waals surface area contributed by atoms with Crippen LogP contribution in [0.2, 0.25) is 0 Å². The van der Waals surface area contributed by atoms with E-state index in [1.165, 1.54) is 5.57 Å². The number of carbonyl (C=O) groups excluding carboxylic acids is 1. The zero-order valence-electron chi connectivity index (χ0n) is 24.8. The largest absolute Gasteiger partial charge is 0.462 e. The average molecular weight is 557 g/mol. The predicted molar refractivity (Wildman–Crippen MR) is 152 cm³/mol. The number of hydrogen-bond donors (Lipinski definition) is 2. The van der Waals surface area contributed by atoms with Gasteiger partial charge in [0.15, 0.2) is 5.79 Å². The van der Waals surface area contributed by atoms with Gasteiger partial charge in [0.2, 0.25) is 0 Å². The van der Waals surface area contributed by atoms with Gasteiger partial charge in [-0.2, -0.15) is 0 Å². The number of ether oxygens (including phenoxy) is 4. The lowest BCUT2D eigenvalue weighted by atomic mass is 9.70. The lowest BCUT2D eigenvalue weighted by Crippen LogP contribution is -2.58. The number of aliphatic hydroxyl groups is 2. The van der Waals surface area contributed by atoms with Crippen LogP contribution < -0.4 is 0 Å². The highest BCUT2D eigenvalue weighted by Gasteiger charge is 2.60. The summed E-state index contributed by atoms with van der Waals surface area (Å²) in [7, 11) is 0. The topological polar surface area (TPSA) is 94.5 Å². The molecule has 0 saturated carbocycles. The van der Waals surface area contributed by atoms with Gasteiger partial charge in [0.1, 0.15) is 29.8 Å². The zero-order chi connectivity index (χ0) is 28.7. The Kier molecular flexibility index (Phi) is 8.80. The number of allylic oxidation sites excluding steroid dienone is 4. The molecule has 1 aliphatic carbocycles. The molecule has 4 aliphatic heterocycles. The number of hydrogen-bond acceptors (Lipinski definition) is 7. The van der Waals surface area contributed by atoms with Crippen molar-refractivity contribution >= 4 is 5.97 Å². The molecular weight excluding hydrogens is 508 g/mol. The maximum Gasteiger partial charge on any atom is 0.316 e. The summed E-state index contributed by atoms with van der Waals surface area (Å²) in [6, 6.07) is 0. The van der Waals surface area contributed by atoms with Crippen LogP contribution in [0.15, 0.2) is 47.1 Å². The maximum atomic E-state index is 14.0. The molecular formula is C33H48O7. The molecule has 5 aliphatic rings. The van der Waals surface area contributed by atoms with Crippen LogP contribution in [0, 0.1) is 17.8 Å². The minimum absolute atomic E-state index is 0.103. The second-order valence-corrected chi connectivity index (χ2v) is 12.8. The van der Waals surface area contributed by atoms with Crippen LogP contribution in [0.5, 0.6) is 0 Å². The first kappa shape index (κ1) is 29.7. The smallest absolute Gasteiger partial charge is 0.316 e. The molecule has 5 rings (SSSR count). The van der Waals surface area contributed by atoms with E-state index in [2.05, 4.69) is 39.8 Å². The van der Waals surface area contributed by atoms with Gasteiger partial charge in [-0.15, -0.1) is 0 Å². The van der Waals surface area contributed by atoms with Gasteiger partial charge in [0, 0.05) is 19.3 Å². The first-order chi connectivity index (χ1) is 19.1. The highest BCUT2D eigenvalue weighted by molar-refractivity contribution is 5.78. The Morgan fingerprint density at radius 2 is 1.95 bits per heavy atom. The molecule has 0 aromatic rings. The predicted octanol–water partition coefficient (Wildman–Crippen LogP) is 5.31. The molecule has 2 bridgehead atoms. The number of fused-ring (bicyclic) bond motifs is 2. The van der Waals surface area contributed by atoms with Gasteiger partial charge in [-0.3, -0.25) is 4.79 Å². The molecule has 0 unspecified atom stereocenters. The number of rotatable bonds is 2. The molecule has 7 heteroatoms. The molecule has 0 aromatic carbocycles. The van der Waals surface area contributed by atoms with Crippen LogP contribution in [0.1, 0.15) is 86.0 Å². The first-order valence-electron chi connectivity index (χ1n) is 15.4. The summed E-state index contributed by atoms with van der Waals surface area (Å²) in [5.41, 5.74) is 0.883. The van der Waals surface area contributed by atoms with Gasteiger partial charge in [-0.05, 0) is 62.0 Å². The van der Waals surface area contributed by atoms with E-state index < -0.39 is 41.6 Å². The van der Waals surface area contributed by atoms with Crippen molar-refractivity contribution in [3.05, 3.63) is 47.1 Å². The number of carbonyl (C=O) groups is 1. The Labute approximate surface area is 239 Å². The van der Waals surface area contributed by atoms with Crippen LogP contribution in [0.3, 0.4) is 0 Å². The molecule has 3 saturated heterocycles. The summed E-state index contributed by atoms with van der Waals surface area (Å²) < 4.78 is 25.6. The Morgan fingerprint density at radius 3 is 2.70 bits per heavy atom. The molecule has 40 heavy (non-hydrogen) atoms. The third kappa shape index (κ3) is 5.65. The fraction of sp³-hybridized carbons (Fsp3) is 0.727. The van der Waals surface area contributed by atoms with E-state index in [1.54, 1.807) is 6.08 Å². The summed E-state index contributed by atoms with van der Waals surface area (Å²) >= 11 is 0. The SMILES string of the molecule is CCC1=C[C@H]2C(=O)O[C@H]3C[C@@H](C/C=C(\C)C[C@@H](C)/C=C/C=C4\CO[C@H]([C@@H]1O)[C@@]42O)O[C@@]1(CC[C@H](C)[C@@H](CC)O1)C3. The summed E-state index contributed by atoms with van der Waals surface area (Å²) in [5.74, 6) is -1.50. The normalized spacial score (nSPS) is 47.8. The van der Waals surface area contributed by atoms with E-state index >= 15 is 0 Å². The van der Waals surface area contributed by atoms with Gasteiger partial charge in [0.05, 0.1) is 18.8 Å². The van der Waals surface area contributed by atoms with E-state index in [-0.39, 0.29) is 24.7 Å². The highest BCUT2D eigenvalue weighted by atomic mass is 16.7. The highest BCUT2D eigenvalue weighted by Crippen LogP contribution is 2.47. The second kappa shape index (κ2) is 11.8. The maximum absolute atomic E-state index is 14.0. The Morgan fingerprint density at radius 1 is 1.15 bits per heavy atom. The minimum atomic E-state index is -1.68. The molecule has 0 aromatic heterocycles. The molecule has 10 atom stereocenters. The van der Waals surface area contributed by atoms with Gasteiger partial charge in [-0.25, -0.2) is 0 Å². The lowest BCUT2D eigenvalue weighted by Gasteiger charge is -2.50. The van der Waals surface area contributed by atoms with Gasteiger partial charge in [0.25, 0.3) is 0 Å². The molecule has 1 spiro atoms. The summed E-state index contributed by atoms with van der Waals surface area (Å²) in [6.07, 6.45) is 13.4. The van der Waals surface area contributed by atoms with E-state index in [1.807, 2.05) is 19.1 Å². The van der Waals surface area contributed by atoms with Crippen molar-refractivity contribution in [1.29, 1.82) is 0 Å². The molecule has 2 N–H and O–H groups in total. The van der Waals surface area contributed by atoms with Crippen LogP contribution in [-0.4, -0.2) is 64.7 Å². The number of aliphatic hydroxyl groups excluding tert-OH is 1. The van der Waals surface area contributed by atoms with Gasteiger partial charge >= 0.3 is 5.97 Å². The molecule has 4 heterocycles. The van der Waals surface area contributed by atoms with E-state index in [9.17, 15) is 15.0 Å². The standard InChI is InChI=1S/C33H48O7/c1-6-23-16-27-31(35)38-26-17-25(39-32(18-26)14-13-22(5)28(7-2)40-32)12-11-21(4)15-20(3)9-8-10-24-19-37-30(29(23)34)33(24,27)36/h8-11,16,20,22,25-30,34,36H,6-7,12-15,17-19H2,1-5H3/b9-8+,21-11+,24-10+/t20-,22-,25+,26-,27-,28+,29+,30+,32+,33+/m0/s1. The first-order valence-corrected chi connectivity index (χ1v) is 15.4. The van der Waals surface area contributed by atoms with E-state index in [0.29, 0.717) is 36.3 Å². The molecule has 3 fully saturated rings. The summed E-state index contributed by atoms with van der Waals surface area (Å²) in [5, 5.41) is 23.2. The van der Waals surface area contributed by atoms with Crippen LogP contribution in [-0.2, 0) is 23.7 Å². The van der Waals surface area contributed by atoms with Crippen molar-refractivity contribution in [1.82, 2.24) is 0 Å². The van der Waals surface area contributed by atoms with Crippen molar-refractivity contribution in [2.24, 2.45) is 17.8 Å². The van der Waals surface area contributed by atoms with Crippen LogP contribution in [0.4, 0.5) is 0 Å². The zero-order valence-corrected chi connectivity index (χ0v) is 24.8. The fourth-order valence-electron chi connectivity index (χ4n) is 7.46. The molecule has 222 valence electrons. The van der Waals surface area contributed by atoms with Crippen LogP contribution >= 0.6 is 0 Å². The number of esters is 1. The summed E-state index contributed by atoms with van der Waals surface area (Å²) in [6.45, 7) is 10.8. The van der Waals surface area contributed by atoms with E-state index in [0.717, 1.165) is 32.1 Å². The van der Waals surface area contributed by atoms with Crippen molar-refractivity contribution in [2.45, 2.75) is 128 Å². The minimum Gasteiger partial charge on any atom is -0.462 e. The summed E-state index contributed by atoms with van der Waals surface area (Å²) in [4.78, 5) is 14.0. The fourth-order valence-corrected chi connectivity index (χ4v) is 7.46. The quantitative estimate of drug-likeness (QED) is 0.351. The Hall–Kier alpha value is -1.77. The third-order valence-corrected chi connectivity index (χ3v) is 9.77. The Balaban J connectivity index is 1.52. The molecule has 0 amide bonds. The Bertz CT molecular complexity index is 1070. The molecule has 0 radical (unpaired) electrons. The average Bonchev–Trinajstić information content (AvgIpc) is 3.25. The second-order valence-electron chi connectivity index (χ2n) is 12.8. The third-order valence-electron chi connectivity index (χ3n) is 9.77. The van der Waals surface area contributed by atoms with Gasteiger partial charge in [-0.1, -0.05) is 63.6 Å². The van der Waals surface area contributed by atoms with Gasteiger partial charge < -0.3 is 29.2 Å². The molecule has 7 nitrogen and oxygen atoms in total. The van der Waals surface area contributed by atoms with Crippen molar-refractivity contribution in [2.75, 3.05) is 6.61 Å². The van der Waals surface area contributed by atoms with Crippen LogP contribution in [0.25, 0.3) is 0 Å². The lowest BCUT2D eigenvalue weighted by molar-refractivity contribution is -0.335. The van der Waals surface area contributed by atoms with Crippen molar-refractivity contribution in [3.8, 4) is 0 Å².